The van der Waals surface area contributed by atoms with Crippen molar-refractivity contribution in [3.8, 4) is 10.8 Å². The minimum absolute atomic E-state index is 0.554. The molecule has 0 bridgehead atoms. The third-order valence-electron chi connectivity index (χ3n) is 5.58. The Bertz CT molecular complexity index is 1290. The van der Waals surface area contributed by atoms with Crippen molar-refractivity contribution in [1.82, 2.24) is 14.8 Å². The minimum Gasteiger partial charge on any atom is -0.497 e. The number of nitrogens with zero attached hydrogens (tertiary/aromatic N) is 5. The Morgan fingerprint density at radius 1 is 0.968 bits per heavy atom. The van der Waals surface area contributed by atoms with E-state index in [2.05, 4.69) is 58.9 Å². The predicted octanol–water partition coefficient (Wildman–Crippen LogP) is 5.04. The van der Waals surface area contributed by atoms with Crippen molar-refractivity contribution in [2.75, 3.05) is 12.1 Å². The third kappa shape index (κ3) is 3.31. The number of hydrogen-bond donors (Lipinski definition) is 0. The fourth-order valence-corrected chi connectivity index (χ4v) is 5.07. The summed E-state index contributed by atoms with van der Waals surface area (Å²) in [6, 6.07) is 18.4. The summed E-state index contributed by atoms with van der Waals surface area (Å²) in [6.45, 7) is 6.87. The van der Waals surface area contributed by atoms with Gasteiger partial charge in [0.2, 0.25) is 0 Å². The molecule has 4 aromatic rings. The maximum Gasteiger partial charge on any atom is 0.253 e. The number of thiophene rings is 1. The number of ether oxygens (including phenoxy) is 1. The van der Waals surface area contributed by atoms with E-state index in [0.29, 0.717) is 12.5 Å². The van der Waals surface area contributed by atoms with Crippen LogP contribution in [0.25, 0.3) is 5.00 Å². The van der Waals surface area contributed by atoms with Crippen LogP contribution in [-0.2, 0) is 6.54 Å². The van der Waals surface area contributed by atoms with Crippen LogP contribution in [0.1, 0.15) is 33.0 Å². The van der Waals surface area contributed by atoms with Crippen LogP contribution in [0.5, 0.6) is 5.75 Å². The lowest BCUT2D eigenvalue weighted by molar-refractivity contribution is 0.414. The average molecular weight is 430 g/mol. The number of anilines is 1. The van der Waals surface area contributed by atoms with Gasteiger partial charge in [0.1, 0.15) is 22.3 Å². The molecule has 0 amide bonds. The highest BCUT2D eigenvalue weighted by Gasteiger charge is 2.30. The summed E-state index contributed by atoms with van der Waals surface area (Å²) in [5.41, 5.74) is 5.50. The van der Waals surface area contributed by atoms with Crippen LogP contribution < -0.4 is 9.75 Å². The van der Waals surface area contributed by atoms with E-state index in [-0.39, 0.29) is 0 Å². The monoisotopic (exact) mass is 429 g/mol. The topological polar surface area (TPSA) is 55.5 Å². The van der Waals surface area contributed by atoms with Gasteiger partial charge in [0.05, 0.1) is 13.7 Å². The van der Waals surface area contributed by atoms with Crippen LogP contribution in [0, 0.1) is 20.8 Å². The molecule has 6 nitrogen and oxygen atoms in total. The van der Waals surface area contributed by atoms with Crippen molar-refractivity contribution >= 4 is 23.0 Å². The molecule has 2 aromatic carbocycles. The van der Waals surface area contributed by atoms with Crippen LogP contribution in [-0.4, -0.2) is 27.6 Å². The number of rotatable bonds is 4. The summed E-state index contributed by atoms with van der Waals surface area (Å²) in [6.07, 6.45) is 0. The van der Waals surface area contributed by atoms with Gasteiger partial charge in [-0.1, -0.05) is 42.5 Å². The molecule has 31 heavy (non-hydrogen) atoms. The summed E-state index contributed by atoms with van der Waals surface area (Å²) >= 11 is 1.76. The molecule has 0 fully saturated rings. The first-order chi connectivity index (χ1) is 15.1. The lowest BCUT2D eigenvalue weighted by Gasteiger charge is -2.18. The summed E-state index contributed by atoms with van der Waals surface area (Å²) in [5, 5.41) is 17.1. The number of methoxy groups -OCH3 is 1. The molecule has 5 rings (SSSR count). The second kappa shape index (κ2) is 7.67. The van der Waals surface area contributed by atoms with Crippen LogP contribution >= 0.6 is 11.3 Å². The van der Waals surface area contributed by atoms with Crippen LogP contribution in [0.3, 0.4) is 0 Å². The molecule has 7 heteroatoms. The first kappa shape index (κ1) is 19.5. The number of fused-ring (bicyclic) bond motifs is 3. The number of hydrazone groups is 1. The Balaban J connectivity index is 1.73. The molecular weight excluding hydrogens is 406 g/mol. The van der Waals surface area contributed by atoms with E-state index in [9.17, 15) is 0 Å². The lowest BCUT2D eigenvalue weighted by Crippen LogP contribution is -2.20. The van der Waals surface area contributed by atoms with E-state index < -0.39 is 0 Å². The van der Waals surface area contributed by atoms with E-state index in [0.717, 1.165) is 39.0 Å². The van der Waals surface area contributed by atoms with Gasteiger partial charge in [-0.3, -0.25) is 4.57 Å². The Hall–Kier alpha value is -3.45. The zero-order chi connectivity index (χ0) is 21.5. The first-order valence-corrected chi connectivity index (χ1v) is 11.0. The van der Waals surface area contributed by atoms with Crippen LogP contribution in [0.4, 0.5) is 5.95 Å². The quantitative estimate of drug-likeness (QED) is 0.456. The largest absolute Gasteiger partial charge is 0.497 e. The molecule has 0 saturated heterocycles. The van der Waals surface area contributed by atoms with Gasteiger partial charge in [-0.2, -0.15) is 5.10 Å². The van der Waals surface area contributed by atoms with E-state index >= 15 is 0 Å². The highest BCUT2D eigenvalue weighted by molar-refractivity contribution is 7.15. The molecule has 2 aromatic heterocycles. The maximum atomic E-state index is 5.41. The Kier molecular flexibility index (Phi) is 4.82. The maximum absolute atomic E-state index is 5.41. The van der Waals surface area contributed by atoms with E-state index in [1.165, 1.54) is 10.4 Å². The molecule has 3 heterocycles. The van der Waals surface area contributed by atoms with Gasteiger partial charge in [-0.25, -0.2) is 5.01 Å². The summed E-state index contributed by atoms with van der Waals surface area (Å²) < 4.78 is 7.54. The van der Waals surface area contributed by atoms with Crippen LogP contribution in [0.15, 0.2) is 59.7 Å². The minimum atomic E-state index is 0.554. The smallest absolute Gasteiger partial charge is 0.253 e. The molecule has 0 saturated carbocycles. The summed E-state index contributed by atoms with van der Waals surface area (Å²) in [5.74, 6) is 2.38. The lowest BCUT2D eigenvalue weighted by atomic mass is 10.00. The summed E-state index contributed by atoms with van der Waals surface area (Å²) in [4.78, 5) is 1.27. The van der Waals surface area contributed by atoms with Crippen molar-refractivity contribution in [2.45, 2.75) is 27.3 Å². The van der Waals surface area contributed by atoms with E-state index in [4.69, 9.17) is 9.84 Å². The van der Waals surface area contributed by atoms with Crippen molar-refractivity contribution in [3.05, 3.63) is 87.6 Å². The first-order valence-electron chi connectivity index (χ1n) is 10.1. The normalized spacial score (nSPS) is 12.8. The molecule has 156 valence electrons. The second-order valence-electron chi connectivity index (χ2n) is 7.57. The molecule has 1 aliphatic rings. The highest BCUT2D eigenvalue weighted by atomic mass is 32.1. The van der Waals surface area contributed by atoms with E-state index in [1.54, 1.807) is 18.4 Å². The molecule has 0 N–H and O–H groups in total. The second-order valence-corrected chi connectivity index (χ2v) is 8.77. The van der Waals surface area contributed by atoms with Gasteiger partial charge in [0.15, 0.2) is 0 Å². The zero-order valence-electron chi connectivity index (χ0n) is 18.0. The summed E-state index contributed by atoms with van der Waals surface area (Å²) in [7, 11) is 1.68. The zero-order valence-corrected chi connectivity index (χ0v) is 18.8. The molecule has 0 aliphatic carbocycles. The van der Waals surface area contributed by atoms with Gasteiger partial charge >= 0.3 is 0 Å². The number of aryl methyl sites for hydroxylation is 2. The molecule has 0 spiro atoms. The Labute approximate surface area is 185 Å². The molecule has 0 radical (unpaired) electrons. The predicted molar refractivity (Wildman–Crippen MR) is 125 cm³/mol. The van der Waals surface area contributed by atoms with Crippen molar-refractivity contribution in [1.29, 1.82) is 0 Å². The van der Waals surface area contributed by atoms with Gasteiger partial charge in [0, 0.05) is 16.0 Å². The van der Waals surface area contributed by atoms with Crippen molar-refractivity contribution < 1.29 is 4.74 Å². The SMILES string of the molecule is COc1cccc(CN2N=C(c3ccccc3)c3c(sc(C)c3C)-n3c(C)nnc32)c1. The number of hydrogen-bond acceptors (Lipinski definition) is 6. The molecule has 0 unspecified atom stereocenters. The average Bonchev–Trinajstić information content (AvgIpc) is 3.26. The van der Waals surface area contributed by atoms with Gasteiger partial charge in [0.25, 0.3) is 5.95 Å². The molecular formula is C24H23N5OS. The van der Waals surface area contributed by atoms with Gasteiger partial charge in [-0.15, -0.1) is 21.5 Å². The Morgan fingerprint density at radius 3 is 2.55 bits per heavy atom. The number of aromatic nitrogens is 3. The fraction of sp³-hybridized carbons (Fsp3) is 0.208. The van der Waals surface area contributed by atoms with Crippen molar-refractivity contribution in [3.63, 3.8) is 0 Å². The van der Waals surface area contributed by atoms with Gasteiger partial charge in [-0.05, 0) is 44.0 Å². The van der Waals surface area contributed by atoms with Crippen molar-refractivity contribution in [2.24, 2.45) is 5.10 Å². The molecule has 0 atom stereocenters. The fourth-order valence-electron chi connectivity index (χ4n) is 3.86. The highest BCUT2D eigenvalue weighted by Crippen LogP contribution is 2.38. The molecule has 1 aliphatic heterocycles. The van der Waals surface area contributed by atoms with Gasteiger partial charge < -0.3 is 4.74 Å². The number of benzene rings is 2. The van der Waals surface area contributed by atoms with E-state index in [1.807, 2.05) is 36.2 Å². The third-order valence-corrected chi connectivity index (χ3v) is 6.77. The van der Waals surface area contributed by atoms with Crippen LogP contribution in [0.2, 0.25) is 0 Å². The standard InChI is InChI=1S/C24H23N5OS/c1-15-16(2)31-23-21(15)22(19-10-6-5-7-11-19)27-28(24-26-25-17(3)29(23)24)14-18-9-8-12-20(13-18)30-4/h5-13H,14H2,1-4H3. The Morgan fingerprint density at radius 2 is 1.77 bits per heavy atom.